The van der Waals surface area contributed by atoms with Gasteiger partial charge in [-0.25, -0.2) is 9.67 Å². The van der Waals surface area contributed by atoms with Gasteiger partial charge >= 0.3 is 0 Å². The highest BCUT2D eigenvalue weighted by atomic mass is 16.5. The topological polar surface area (TPSA) is 72.3 Å². The van der Waals surface area contributed by atoms with Gasteiger partial charge < -0.3 is 15.0 Å². The number of aryl methyl sites for hydroxylation is 1. The number of nitrogens with zero attached hydrogens (tertiary/aromatic N) is 4. The maximum absolute atomic E-state index is 13.0. The molecule has 1 saturated heterocycles. The number of hydrogen-bond donors (Lipinski definition) is 1. The summed E-state index contributed by atoms with van der Waals surface area (Å²) in [5.74, 6) is 1.25. The summed E-state index contributed by atoms with van der Waals surface area (Å²) < 4.78 is 7.32. The van der Waals surface area contributed by atoms with Crippen molar-refractivity contribution in [3.63, 3.8) is 0 Å². The number of para-hydroxylation sites is 1. The van der Waals surface area contributed by atoms with Crippen molar-refractivity contribution in [1.29, 1.82) is 0 Å². The van der Waals surface area contributed by atoms with E-state index in [0.29, 0.717) is 23.0 Å². The number of pyridine rings is 1. The van der Waals surface area contributed by atoms with Crippen molar-refractivity contribution in [3.8, 4) is 5.75 Å². The minimum atomic E-state index is -0.176. The number of nitrogens with one attached hydrogen (secondary N) is 1. The average Bonchev–Trinajstić information content (AvgIpc) is 3.15. The van der Waals surface area contributed by atoms with E-state index in [1.54, 1.807) is 13.3 Å². The van der Waals surface area contributed by atoms with E-state index < -0.39 is 0 Å². The van der Waals surface area contributed by atoms with Crippen molar-refractivity contribution in [2.45, 2.75) is 25.8 Å². The third kappa shape index (κ3) is 3.45. The molecule has 1 amide bonds. The van der Waals surface area contributed by atoms with Gasteiger partial charge in [-0.15, -0.1) is 0 Å². The van der Waals surface area contributed by atoms with Crippen LogP contribution in [0.5, 0.6) is 5.75 Å². The quantitative estimate of drug-likeness (QED) is 0.753. The molecule has 1 aliphatic heterocycles. The zero-order valence-corrected chi connectivity index (χ0v) is 16.5. The van der Waals surface area contributed by atoms with Crippen LogP contribution in [-0.2, 0) is 0 Å². The van der Waals surface area contributed by atoms with Crippen LogP contribution in [0.15, 0.2) is 36.5 Å². The molecule has 1 aromatic carbocycles. The minimum Gasteiger partial charge on any atom is -0.494 e. The number of aromatic nitrogens is 3. The minimum absolute atomic E-state index is 0.176. The van der Waals surface area contributed by atoms with Crippen LogP contribution in [0.3, 0.4) is 0 Å². The first-order chi connectivity index (χ1) is 13.6. The molecule has 7 heteroatoms. The van der Waals surface area contributed by atoms with Crippen molar-refractivity contribution < 1.29 is 9.53 Å². The smallest absolute Gasteiger partial charge is 0.258 e. The van der Waals surface area contributed by atoms with E-state index in [0.717, 1.165) is 42.7 Å². The summed E-state index contributed by atoms with van der Waals surface area (Å²) in [6.45, 7) is 3.91. The van der Waals surface area contributed by atoms with E-state index in [2.05, 4.69) is 27.3 Å². The number of piperidine rings is 1. The fourth-order valence-corrected chi connectivity index (χ4v) is 3.79. The van der Waals surface area contributed by atoms with Crippen LogP contribution in [0.4, 0.5) is 5.82 Å². The first kappa shape index (κ1) is 18.4. The van der Waals surface area contributed by atoms with E-state index in [9.17, 15) is 4.79 Å². The Morgan fingerprint density at radius 3 is 2.79 bits per heavy atom. The van der Waals surface area contributed by atoms with Crippen LogP contribution in [0, 0.1) is 6.92 Å². The number of carbonyl (C=O) groups excluding carboxylic acids is 1. The van der Waals surface area contributed by atoms with Crippen molar-refractivity contribution in [2.75, 3.05) is 32.6 Å². The highest BCUT2D eigenvalue weighted by Crippen LogP contribution is 2.27. The Labute approximate surface area is 164 Å². The maximum Gasteiger partial charge on any atom is 0.258 e. The highest BCUT2D eigenvalue weighted by Gasteiger charge is 2.22. The monoisotopic (exact) mass is 379 g/mol. The molecular weight excluding hydrogens is 354 g/mol. The summed E-state index contributed by atoms with van der Waals surface area (Å²) in [6.07, 6.45) is 3.79. The Kier molecular flexibility index (Phi) is 5.00. The van der Waals surface area contributed by atoms with Gasteiger partial charge in [0.25, 0.3) is 5.91 Å². The van der Waals surface area contributed by atoms with Crippen molar-refractivity contribution >= 4 is 22.6 Å². The Morgan fingerprint density at radius 2 is 2.04 bits per heavy atom. The van der Waals surface area contributed by atoms with Gasteiger partial charge in [0.05, 0.1) is 30.6 Å². The average molecular weight is 379 g/mol. The van der Waals surface area contributed by atoms with Gasteiger partial charge in [-0.1, -0.05) is 12.1 Å². The number of benzene rings is 1. The van der Waals surface area contributed by atoms with Crippen LogP contribution in [0.2, 0.25) is 0 Å². The molecule has 3 heterocycles. The number of amides is 1. The molecule has 0 atom stereocenters. The SMILES string of the molecule is COc1cccc2cc(C(=O)Nc3ccnn3C3CCN(C)CC3)c(C)nc12. The second kappa shape index (κ2) is 7.59. The zero-order chi connectivity index (χ0) is 19.7. The van der Waals surface area contributed by atoms with Crippen LogP contribution >= 0.6 is 0 Å². The summed E-state index contributed by atoms with van der Waals surface area (Å²) in [6, 6.07) is 9.73. The highest BCUT2D eigenvalue weighted by molar-refractivity contribution is 6.06. The number of carbonyl (C=O) groups is 1. The Morgan fingerprint density at radius 1 is 1.25 bits per heavy atom. The summed E-state index contributed by atoms with van der Waals surface area (Å²) in [4.78, 5) is 19.9. The lowest BCUT2D eigenvalue weighted by atomic mass is 10.1. The third-order valence-corrected chi connectivity index (χ3v) is 5.41. The maximum atomic E-state index is 13.0. The lowest BCUT2D eigenvalue weighted by Crippen LogP contribution is -2.32. The van der Waals surface area contributed by atoms with E-state index in [-0.39, 0.29) is 5.91 Å². The van der Waals surface area contributed by atoms with E-state index >= 15 is 0 Å². The van der Waals surface area contributed by atoms with Gasteiger partial charge in [-0.2, -0.15) is 5.10 Å². The van der Waals surface area contributed by atoms with Crippen LogP contribution < -0.4 is 10.1 Å². The number of hydrogen-bond acceptors (Lipinski definition) is 5. The molecule has 0 saturated carbocycles. The van der Waals surface area contributed by atoms with Crippen molar-refractivity contribution in [1.82, 2.24) is 19.7 Å². The number of anilines is 1. The second-order valence-electron chi connectivity index (χ2n) is 7.30. The van der Waals surface area contributed by atoms with Crippen molar-refractivity contribution in [2.24, 2.45) is 0 Å². The summed E-state index contributed by atoms with van der Waals surface area (Å²) in [7, 11) is 3.75. The molecular formula is C21H25N5O2. The first-order valence-corrected chi connectivity index (χ1v) is 9.54. The van der Waals surface area contributed by atoms with E-state index in [1.165, 1.54) is 0 Å². The van der Waals surface area contributed by atoms with Gasteiger partial charge in [-0.3, -0.25) is 4.79 Å². The number of likely N-dealkylation sites (tertiary alicyclic amines) is 1. The molecule has 3 aromatic rings. The Hall–Kier alpha value is -2.93. The van der Waals surface area contributed by atoms with Crippen LogP contribution in [0.1, 0.15) is 34.9 Å². The fraction of sp³-hybridized carbons (Fsp3) is 0.381. The van der Waals surface area contributed by atoms with Crippen LogP contribution in [0.25, 0.3) is 10.9 Å². The Bertz CT molecular complexity index is 1010. The third-order valence-electron chi connectivity index (χ3n) is 5.41. The molecule has 0 bridgehead atoms. The van der Waals surface area contributed by atoms with Crippen molar-refractivity contribution in [3.05, 3.63) is 47.8 Å². The summed E-state index contributed by atoms with van der Waals surface area (Å²) in [5, 5.41) is 8.36. The number of methoxy groups -OCH3 is 1. The molecule has 0 spiro atoms. The molecule has 7 nitrogen and oxygen atoms in total. The molecule has 1 N–H and O–H groups in total. The predicted molar refractivity (Wildman–Crippen MR) is 109 cm³/mol. The molecule has 1 aliphatic rings. The molecule has 0 aliphatic carbocycles. The van der Waals surface area contributed by atoms with E-state index in [4.69, 9.17) is 4.74 Å². The molecule has 28 heavy (non-hydrogen) atoms. The van der Waals surface area contributed by atoms with Gasteiger partial charge in [0.2, 0.25) is 0 Å². The molecule has 1 fully saturated rings. The van der Waals surface area contributed by atoms with Gasteiger partial charge in [0, 0.05) is 11.5 Å². The molecule has 146 valence electrons. The predicted octanol–water partition coefficient (Wildman–Crippen LogP) is 3.27. The zero-order valence-electron chi connectivity index (χ0n) is 16.5. The van der Waals surface area contributed by atoms with E-state index in [1.807, 2.05) is 41.9 Å². The summed E-state index contributed by atoms with van der Waals surface area (Å²) >= 11 is 0. The molecule has 2 aromatic heterocycles. The summed E-state index contributed by atoms with van der Waals surface area (Å²) in [5.41, 5.74) is 1.98. The molecule has 0 radical (unpaired) electrons. The molecule has 4 rings (SSSR count). The van der Waals surface area contributed by atoms with Gasteiger partial charge in [0.15, 0.2) is 0 Å². The molecule has 0 unspecified atom stereocenters. The lowest BCUT2D eigenvalue weighted by molar-refractivity contribution is 0.102. The first-order valence-electron chi connectivity index (χ1n) is 9.54. The number of fused-ring (bicyclic) bond motifs is 1. The van der Waals surface area contributed by atoms with Gasteiger partial charge in [-0.05, 0) is 52.0 Å². The van der Waals surface area contributed by atoms with Gasteiger partial charge in [0.1, 0.15) is 17.1 Å². The fourth-order valence-electron chi connectivity index (χ4n) is 3.79. The lowest BCUT2D eigenvalue weighted by Gasteiger charge is -2.30. The standard InChI is InChI=1S/C21H25N5O2/c1-14-17(13-15-5-4-6-18(28-3)20(15)23-14)21(27)24-19-7-10-22-26(19)16-8-11-25(2)12-9-16/h4-7,10,13,16H,8-9,11-12H2,1-3H3,(H,24,27). The largest absolute Gasteiger partial charge is 0.494 e. The normalized spacial score (nSPS) is 15.7. The number of rotatable bonds is 4. The Balaban J connectivity index is 1.60. The van der Waals surface area contributed by atoms with Crippen LogP contribution in [-0.4, -0.2) is 52.8 Å². The number of ether oxygens (including phenoxy) is 1. The second-order valence-corrected chi connectivity index (χ2v) is 7.30.